The number of carbonyl (C=O) groups excluding carboxylic acids is 2. The molecule has 1 aliphatic carbocycles. The summed E-state index contributed by atoms with van der Waals surface area (Å²) in [7, 11) is 0. The van der Waals surface area contributed by atoms with Gasteiger partial charge in [0.2, 0.25) is 5.91 Å². The Kier molecular flexibility index (Phi) is 4.22. The molecule has 25 heavy (non-hydrogen) atoms. The molecule has 1 spiro atoms. The zero-order chi connectivity index (χ0) is 17.6. The number of aromatic nitrogens is 1. The van der Waals surface area contributed by atoms with Gasteiger partial charge in [-0.15, -0.1) is 0 Å². The topological polar surface area (TPSA) is 79.5 Å². The molecule has 0 bridgehead atoms. The van der Waals surface area contributed by atoms with Crippen LogP contribution in [0.2, 0.25) is 0 Å². The molecule has 1 aromatic heterocycles. The maximum atomic E-state index is 13.1. The molecule has 1 saturated carbocycles. The Bertz CT molecular complexity index is 699. The number of hydrogen-bond donors (Lipinski definition) is 1. The average Bonchev–Trinajstić information content (AvgIpc) is 3.38. The van der Waals surface area contributed by atoms with Crippen LogP contribution in [0.5, 0.6) is 0 Å². The fraction of sp³-hybridized carbons (Fsp3) is 0.722. The fourth-order valence-electron chi connectivity index (χ4n) is 4.40. The van der Waals surface area contributed by atoms with Crippen molar-refractivity contribution in [2.75, 3.05) is 25.4 Å². The number of amides is 2. The second-order valence-electron chi connectivity index (χ2n) is 7.76. The van der Waals surface area contributed by atoms with Crippen LogP contribution in [-0.4, -0.2) is 52.3 Å². The van der Waals surface area contributed by atoms with Gasteiger partial charge in [-0.05, 0) is 38.5 Å². The molecule has 1 aromatic rings. The Hall–Kier alpha value is -1.63. The molecule has 6 nitrogen and oxygen atoms in total. The number of hydrogen-bond acceptors (Lipinski definition) is 5. The summed E-state index contributed by atoms with van der Waals surface area (Å²) >= 11 is 1.30. The van der Waals surface area contributed by atoms with Gasteiger partial charge in [0.05, 0.1) is 5.69 Å². The molecular formula is C18H26N4O2S. The van der Waals surface area contributed by atoms with Gasteiger partial charge >= 0.3 is 0 Å². The van der Waals surface area contributed by atoms with Crippen LogP contribution in [0, 0.1) is 5.41 Å². The van der Waals surface area contributed by atoms with Gasteiger partial charge in [0, 0.05) is 37.5 Å². The molecule has 0 aromatic carbocycles. The zero-order valence-electron chi connectivity index (χ0n) is 14.8. The summed E-state index contributed by atoms with van der Waals surface area (Å²) in [5.41, 5.74) is 6.71. The lowest BCUT2D eigenvalue weighted by molar-refractivity contribution is -0.139. The van der Waals surface area contributed by atoms with Crippen LogP contribution in [0.15, 0.2) is 0 Å². The maximum Gasteiger partial charge on any atom is 0.265 e. The monoisotopic (exact) mass is 362 g/mol. The largest absolute Gasteiger partial charge is 0.375 e. The second-order valence-corrected chi connectivity index (χ2v) is 8.80. The van der Waals surface area contributed by atoms with E-state index in [0.29, 0.717) is 28.4 Å². The van der Waals surface area contributed by atoms with E-state index in [1.807, 2.05) is 11.8 Å². The van der Waals surface area contributed by atoms with Crippen molar-refractivity contribution in [2.45, 2.75) is 57.9 Å². The van der Waals surface area contributed by atoms with Crippen molar-refractivity contribution in [1.82, 2.24) is 14.8 Å². The molecule has 3 fully saturated rings. The Labute approximate surface area is 152 Å². The summed E-state index contributed by atoms with van der Waals surface area (Å²) in [5, 5.41) is 0.468. The van der Waals surface area contributed by atoms with Gasteiger partial charge in [-0.3, -0.25) is 9.59 Å². The number of nitrogens with two attached hydrogens (primary N) is 1. The predicted octanol–water partition coefficient (Wildman–Crippen LogP) is 2.29. The number of nitrogen functional groups attached to an aromatic ring is 1. The lowest BCUT2D eigenvalue weighted by Gasteiger charge is -2.48. The fourth-order valence-corrected chi connectivity index (χ4v) is 5.29. The molecule has 1 unspecified atom stereocenters. The smallest absolute Gasteiger partial charge is 0.265 e. The van der Waals surface area contributed by atoms with E-state index in [0.717, 1.165) is 63.9 Å². The van der Waals surface area contributed by atoms with Crippen molar-refractivity contribution in [3.63, 3.8) is 0 Å². The number of anilines is 1. The van der Waals surface area contributed by atoms with Gasteiger partial charge in [-0.2, -0.15) is 0 Å². The van der Waals surface area contributed by atoms with Gasteiger partial charge in [0.15, 0.2) is 5.13 Å². The van der Waals surface area contributed by atoms with Crippen LogP contribution in [0.1, 0.15) is 60.8 Å². The Morgan fingerprint density at radius 1 is 1.36 bits per heavy atom. The van der Waals surface area contributed by atoms with Crippen molar-refractivity contribution in [3.8, 4) is 0 Å². The first kappa shape index (κ1) is 16.8. The molecule has 136 valence electrons. The van der Waals surface area contributed by atoms with Crippen LogP contribution in [0.4, 0.5) is 5.13 Å². The molecule has 2 N–H and O–H groups in total. The Morgan fingerprint density at radius 2 is 2.16 bits per heavy atom. The Balaban J connectivity index is 1.52. The SMILES string of the molecule is CCc1nc(N)sc1C(=O)N1CCCC2(CCC(=O)N(C3CC3)C2)C1. The molecular weight excluding hydrogens is 336 g/mol. The summed E-state index contributed by atoms with van der Waals surface area (Å²) in [5.74, 6) is 0.375. The minimum absolute atomic E-state index is 0.0694. The second kappa shape index (κ2) is 6.27. The van der Waals surface area contributed by atoms with Crippen LogP contribution >= 0.6 is 11.3 Å². The highest BCUT2D eigenvalue weighted by Gasteiger charge is 2.46. The molecule has 3 aliphatic rings. The maximum absolute atomic E-state index is 13.1. The highest BCUT2D eigenvalue weighted by molar-refractivity contribution is 7.17. The molecule has 2 aliphatic heterocycles. The number of likely N-dealkylation sites (tertiary alicyclic amines) is 2. The number of carbonyl (C=O) groups is 2. The average molecular weight is 362 g/mol. The summed E-state index contributed by atoms with van der Waals surface area (Å²) in [6.45, 7) is 4.37. The van der Waals surface area contributed by atoms with Crippen molar-refractivity contribution in [1.29, 1.82) is 0 Å². The van der Waals surface area contributed by atoms with E-state index in [9.17, 15) is 9.59 Å². The molecule has 4 rings (SSSR count). The quantitative estimate of drug-likeness (QED) is 0.895. The number of thiazole rings is 1. The van der Waals surface area contributed by atoms with Gasteiger partial charge < -0.3 is 15.5 Å². The number of rotatable bonds is 3. The lowest BCUT2D eigenvalue weighted by Crippen LogP contribution is -2.55. The van der Waals surface area contributed by atoms with Crippen LogP contribution in [-0.2, 0) is 11.2 Å². The number of piperidine rings is 2. The molecule has 2 saturated heterocycles. The van der Waals surface area contributed by atoms with Crippen molar-refractivity contribution in [2.24, 2.45) is 5.41 Å². The van der Waals surface area contributed by atoms with Gasteiger partial charge in [0.25, 0.3) is 5.91 Å². The molecule has 2 amide bonds. The van der Waals surface area contributed by atoms with Crippen LogP contribution in [0.25, 0.3) is 0 Å². The molecule has 0 radical (unpaired) electrons. The summed E-state index contributed by atoms with van der Waals surface area (Å²) in [4.78, 5) is 34.4. The first-order chi connectivity index (χ1) is 12.0. The first-order valence-electron chi connectivity index (χ1n) is 9.35. The van der Waals surface area contributed by atoms with Crippen molar-refractivity contribution in [3.05, 3.63) is 10.6 Å². The van der Waals surface area contributed by atoms with E-state index in [4.69, 9.17) is 5.73 Å². The summed E-state index contributed by atoms with van der Waals surface area (Å²) < 4.78 is 0. The third kappa shape index (κ3) is 3.14. The number of nitrogens with zero attached hydrogens (tertiary/aromatic N) is 3. The minimum atomic E-state index is 0.0694. The van der Waals surface area contributed by atoms with Crippen LogP contribution in [0.3, 0.4) is 0 Å². The third-order valence-corrected chi connectivity index (χ3v) is 6.79. The van der Waals surface area contributed by atoms with Crippen molar-refractivity contribution < 1.29 is 9.59 Å². The third-order valence-electron chi connectivity index (χ3n) is 5.87. The zero-order valence-corrected chi connectivity index (χ0v) is 15.6. The van der Waals surface area contributed by atoms with E-state index in [1.165, 1.54) is 11.3 Å². The van der Waals surface area contributed by atoms with Gasteiger partial charge in [-0.25, -0.2) is 4.98 Å². The van der Waals surface area contributed by atoms with E-state index in [1.54, 1.807) is 0 Å². The first-order valence-corrected chi connectivity index (χ1v) is 10.2. The van der Waals surface area contributed by atoms with Crippen LogP contribution < -0.4 is 5.73 Å². The highest BCUT2D eigenvalue weighted by atomic mass is 32.1. The molecule has 3 heterocycles. The molecule has 7 heteroatoms. The number of aryl methyl sites for hydroxylation is 1. The van der Waals surface area contributed by atoms with E-state index >= 15 is 0 Å². The van der Waals surface area contributed by atoms with Gasteiger partial charge in [-0.1, -0.05) is 18.3 Å². The van der Waals surface area contributed by atoms with E-state index < -0.39 is 0 Å². The predicted molar refractivity (Wildman–Crippen MR) is 97.4 cm³/mol. The van der Waals surface area contributed by atoms with Crippen molar-refractivity contribution >= 4 is 28.3 Å². The standard InChI is InChI=1S/C18H26N4O2S/c1-2-13-15(25-17(19)20-13)16(24)21-9-3-7-18(10-21)8-6-14(23)22(11-18)12-4-5-12/h12H,2-11H2,1H3,(H2,19,20). The summed E-state index contributed by atoms with van der Waals surface area (Å²) in [6, 6.07) is 0.462. The van der Waals surface area contributed by atoms with Gasteiger partial charge in [0.1, 0.15) is 4.88 Å². The normalized spacial score (nSPS) is 27.2. The summed E-state index contributed by atoms with van der Waals surface area (Å²) in [6.07, 6.45) is 6.66. The molecule has 1 atom stereocenters. The van der Waals surface area contributed by atoms with E-state index in [2.05, 4.69) is 9.88 Å². The lowest BCUT2D eigenvalue weighted by atomic mass is 9.73. The van der Waals surface area contributed by atoms with E-state index in [-0.39, 0.29) is 11.3 Å². The Morgan fingerprint density at radius 3 is 2.88 bits per heavy atom. The minimum Gasteiger partial charge on any atom is -0.375 e. The highest BCUT2D eigenvalue weighted by Crippen LogP contribution is 2.42.